The van der Waals surface area contributed by atoms with Gasteiger partial charge in [-0.1, -0.05) is 0 Å². The van der Waals surface area contributed by atoms with Gasteiger partial charge in [-0.3, -0.25) is 0 Å². The third-order valence-corrected chi connectivity index (χ3v) is 2.54. The smallest absolute Gasteiger partial charge is 0.119 e. The second-order valence-electron chi connectivity index (χ2n) is 4.01. The molecule has 4 nitrogen and oxygen atoms in total. The lowest BCUT2D eigenvalue weighted by Gasteiger charge is -2.14. The molecule has 0 spiro atoms. The first-order chi connectivity index (χ1) is 8.13. The van der Waals surface area contributed by atoms with Crippen LogP contribution in [0.3, 0.4) is 0 Å². The molecule has 0 heterocycles. The zero-order valence-electron chi connectivity index (χ0n) is 10.4. The molecule has 0 radical (unpaired) electrons. The van der Waals surface area contributed by atoms with Crippen molar-refractivity contribution in [2.45, 2.75) is 26.3 Å². The van der Waals surface area contributed by atoms with E-state index in [2.05, 4.69) is 5.32 Å². The Morgan fingerprint density at radius 3 is 2.47 bits per heavy atom. The van der Waals surface area contributed by atoms with Crippen LogP contribution in [-0.4, -0.2) is 30.0 Å². The molecule has 17 heavy (non-hydrogen) atoms. The van der Waals surface area contributed by atoms with Crippen LogP contribution in [0.5, 0.6) is 11.5 Å². The van der Waals surface area contributed by atoms with Gasteiger partial charge in [0, 0.05) is 25.3 Å². The summed E-state index contributed by atoms with van der Waals surface area (Å²) in [6, 6.07) is 4.72. The standard InChI is InChI=1S/C13H21NO3/c1-3-17-6-4-5-14-10(2)11-7-12(15)9-13(16)8-11/h7-10,14-16H,3-6H2,1-2H3. The minimum absolute atomic E-state index is 0.0861. The molecule has 1 unspecified atom stereocenters. The fourth-order valence-electron chi connectivity index (χ4n) is 1.62. The molecule has 0 aliphatic heterocycles. The van der Waals surface area contributed by atoms with Crippen LogP contribution in [-0.2, 0) is 4.74 Å². The number of hydrogen-bond acceptors (Lipinski definition) is 4. The molecule has 0 bridgehead atoms. The van der Waals surface area contributed by atoms with Crippen molar-refractivity contribution in [3.8, 4) is 11.5 Å². The van der Waals surface area contributed by atoms with Gasteiger partial charge in [0.15, 0.2) is 0 Å². The zero-order chi connectivity index (χ0) is 12.7. The third kappa shape index (κ3) is 5.06. The molecular formula is C13H21NO3. The van der Waals surface area contributed by atoms with Crippen molar-refractivity contribution in [3.05, 3.63) is 23.8 Å². The number of ether oxygens (including phenoxy) is 1. The van der Waals surface area contributed by atoms with E-state index in [0.29, 0.717) is 0 Å². The third-order valence-electron chi connectivity index (χ3n) is 2.54. The van der Waals surface area contributed by atoms with Crippen molar-refractivity contribution in [2.24, 2.45) is 0 Å². The number of phenols is 2. The average molecular weight is 239 g/mol. The first-order valence-corrected chi connectivity index (χ1v) is 5.97. The molecule has 0 saturated heterocycles. The van der Waals surface area contributed by atoms with Gasteiger partial charge in [0.25, 0.3) is 0 Å². The SMILES string of the molecule is CCOCCCNC(C)c1cc(O)cc(O)c1. The Labute approximate surface area is 102 Å². The molecule has 0 saturated carbocycles. The molecular weight excluding hydrogens is 218 g/mol. The zero-order valence-corrected chi connectivity index (χ0v) is 10.4. The number of phenolic OH excluding ortho intramolecular Hbond substituents is 2. The fourth-order valence-corrected chi connectivity index (χ4v) is 1.62. The van der Waals surface area contributed by atoms with Crippen LogP contribution in [0.1, 0.15) is 31.9 Å². The Morgan fingerprint density at radius 1 is 1.24 bits per heavy atom. The molecule has 3 N–H and O–H groups in total. The van der Waals surface area contributed by atoms with Gasteiger partial charge < -0.3 is 20.3 Å². The molecule has 0 amide bonds. The summed E-state index contributed by atoms with van der Waals surface area (Å²) in [5, 5.41) is 22.1. The summed E-state index contributed by atoms with van der Waals surface area (Å²) < 4.78 is 5.24. The Hall–Kier alpha value is -1.26. The van der Waals surface area contributed by atoms with E-state index in [1.54, 1.807) is 12.1 Å². The van der Waals surface area contributed by atoms with Gasteiger partial charge in [0.05, 0.1) is 0 Å². The Morgan fingerprint density at radius 2 is 1.88 bits per heavy atom. The maximum Gasteiger partial charge on any atom is 0.119 e. The Kier molecular flexibility index (Phi) is 5.80. The van der Waals surface area contributed by atoms with Gasteiger partial charge in [-0.15, -0.1) is 0 Å². The van der Waals surface area contributed by atoms with Crippen molar-refractivity contribution in [2.75, 3.05) is 19.8 Å². The highest BCUT2D eigenvalue weighted by molar-refractivity contribution is 5.37. The summed E-state index contributed by atoms with van der Waals surface area (Å²) >= 11 is 0. The van der Waals surface area contributed by atoms with Crippen LogP contribution in [0.15, 0.2) is 18.2 Å². The molecule has 0 aliphatic carbocycles. The predicted molar refractivity (Wildman–Crippen MR) is 67.3 cm³/mol. The second-order valence-corrected chi connectivity index (χ2v) is 4.01. The van der Waals surface area contributed by atoms with Crippen LogP contribution in [0.25, 0.3) is 0 Å². The van der Waals surface area contributed by atoms with Gasteiger partial charge in [-0.05, 0) is 44.5 Å². The summed E-state index contributed by atoms with van der Waals surface area (Å²) in [5.74, 6) is 0.172. The number of nitrogens with one attached hydrogen (secondary N) is 1. The second kappa shape index (κ2) is 7.14. The lowest BCUT2D eigenvalue weighted by molar-refractivity contribution is 0.144. The van der Waals surface area contributed by atoms with Crippen LogP contribution < -0.4 is 5.32 Å². The summed E-state index contributed by atoms with van der Waals surface area (Å²) in [6.07, 6.45) is 0.947. The largest absolute Gasteiger partial charge is 0.508 e. The quantitative estimate of drug-likeness (QED) is 0.638. The van der Waals surface area contributed by atoms with Crippen molar-refractivity contribution < 1.29 is 14.9 Å². The minimum Gasteiger partial charge on any atom is -0.508 e. The van der Waals surface area contributed by atoms with E-state index in [1.165, 1.54) is 6.07 Å². The van der Waals surface area contributed by atoms with E-state index >= 15 is 0 Å². The summed E-state index contributed by atoms with van der Waals surface area (Å²) in [4.78, 5) is 0. The van der Waals surface area contributed by atoms with E-state index in [9.17, 15) is 10.2 Å². The lowest BCUT2D eigenvalue weighted by Crippen LogP contribution is -2.20. The maximum atomic E-state index is 9.38. The van der Waals surface area contributed by atoms with E-state index in [0.717, 1.165) is 31.7 Å². The average Bonchev–Trinajstić information content (AvgIpc) is 2.27. The summed E-state index contributed by atoms with van der Waals surface area (Å²) in [6.45, 7) is 6.32. The number of hydrogen-bond donors (Lipinski definition) is 3. The summed E-state index contributed by atoms with van der Waals surface area (Å²) in [7, 11) is 0. The van der Waals surface area contributed by atoms with E-state index in [-0.39, 0.29) is 17.5 Å². The number of benzene rings is 1. The first kappa shape index (κ1) is 13.8. The van der Waals surface area contributed by atoms with Crippen LogP contribution >= 0.6 is 0 Å². The van der Waals surface area contributed by atoms with Crippen LogP contribution in [0, 0.1) is 0 Å². The number of rotatable bonds is 7. The fraction of sp³-hybridized carbons (Fsp3) is 0.538. The van der Waals surface area contributed by atoms with Crippen LogP contribution in [0.4, 0.5) is 0 Å². The number of aromatic hydroxyl groups is 2. The van der Waals surface area contributed by atoms with Crippen molar-refractivity contribution in [3.63, 3.8) is 0 Å². The molecule has 0 aromatic heterocycles. The molecule has 96 valence electrons. The van der Waals surface area contributed by atoms with Crippen molar-refractivity contribution in [1.29, 1.82) is 0 Å². The molecule has 4 heteroatoms. The molecule has 0 fully saturated rings. The minimum atomic E-state index is 0.0861. The highest BCUT2D eigenvalue weighted by Gasteiger charge is 2.07. The summed E-state index contributed by atoms with van der Waals surface area (Å²) in [5.41, 5.74) is 0.874. The topological polar surface area (TPSA) is 61.7 Å². The van der Waals surface area contributed by atoms with Gasteiger partial charge in [0.1, 0.15) is 11.5 Å². The highest BCUT2D eigenvalue weighted by Crippen LogP contribution is 2.24. The molecule has 0 aliphatic rings. The molecule has 1 atom stereocenters. The van der Waals surface area contributed by atoms with Gasteiger partial charge in [0.2, 0.25) is 0 Å². The molecule has 1 rings (SSSR count). The Balaban J connectivity index is 2.38. The normalized spacial score (nSPS) is 12.6. The lowest BCUT2D eigenvalue weighted by atomic mass is 10.1. The maximum absolute atomic E-state index is 9.38. The molecule has 1 aromatic rings. The highest BCUT2D eigenvalue weighted by atomic mass is 16.5. The van der Waals surface area contributed by atoms with E-state index in [4.69, 9.17) is 4.74 Å². The Bertz CT molecular complexity index is 321. The van der Waals surface area contributed by atoms with Gasteiger partial charge in [-0.2, -0.15) is 0 Å². The monoisotopic (exact) mass is 239 g/mol. The molecule has 1 aromatic carbocycles. The van der Waals surface area contributed by atoms with E-state index < -0.39 is 0 Å². The van der Waals surface area contributed by atoms with Gasteiger partial charge >= 0.3 is 0 Å². The van der Waals surface area contributed by atoms with Crippen molar-refractivity contribution in [1.82, 2.24) is 5.32 Å². The van der Waals surface area contributed by atoms with Crippen molar-refractivity contribution >= 4 is 0 Å². The van der Waals surface area contributed by atoms with Gasteiger partial charge in [-0.25, -0.2) is 0 Å². The van der Waals surface area contributed by atoms with E-state index in [1.807, 2.05) is 13.8 Å². The van der Waals surface area contributed by atoms with Crippen LogP contribution in [0.2, 0.25) is 0 Å². The predicted octanol–water partition coefficient (Wildman–Crippen LogP) is 2.17. The first-order valence-electron chi connectivity index (χ1n) is 5.97.